The molecule has 8 heteroatoms. The Morgan fingerprint density at radius 3 is 2.37 bits per heavy atom. The fourth-order valence-electron chi connectivity index (χ4n) is 5.57. The molecule has 1 heterocycles. The predicted octanol–water partition coefficient (Wildman–Crippen LogP) is 5.37. The Hall–Kier alpha value is -2.84. The molecule has 4 rings (SSSR count). The van der Waals surface area contributed by atoms with Gasteiger partial charge in [0.2, 0.25) is 5.91 Å². The minimum Gasteiger partial charge on any atom is -0.463 e. The summed E-state index contributed by atoms with van der Waals surface area (Å²) in [6, 6.07) is 16.8. The van der Waals surface area contributed by atoms with Crippen LogP contribution in [0.2, 0.25) is 0 Å². The second-order valence-electron chi connectivity index (χ2n) is 10.3. The van der Waals surface area contributed by atoms with Crippen LogP contribution in [0.15, 0.2) is 53.4 Å². The molecule has 0 radical (unpaired) electrons. The summed E-state index contributed by atoms with van der Waals surface area (Å²) in [5.41, 5.74) is 3.15. The van der Waals surface area contributed by atoms with Crippen molar-refractivity contribution in [2.24, 2.45) is 11.8 Å². The molecule has 204 valence electrons. The maximum atomic E-state index is 11.9. The first kappa shape index (κ1) is 28.2. The quantitative estimate of drug-likeness (QED) is 0.473. The first-order valence-electron chi connectivity index (χ1n) is 13.2. The van der Waals surface area contributed by atoms with Crippen LogP contribution in [0, 0.1) is 11.8 Å². The van der Waals surface area contributed by atoms with E-state index < -0.39 is 11.5 Å². The van der Waals surface area contributed by atoms with Gasteiger partial charge >= 0.3 is 11.9 Å². The lowest BCUT2D eigenvalue weighted by molar-refractivity contribution is -0.185. The maximum absolute atomic E-state index is 11.9. The van der Waals surface area contributed by atoms with Crippen molar-refractivity contribution in [2.75, 3.05) is 6.61 Å². The van der Waals surface area contributed by atoms with Gasteiger partial charge in [0.15, 0.2) is 0 Å². The van der Waals surface area contributed by atoms with Crippen LogP contribution >= 0.6 is 11.8 Å². The molecule has 0 saturated carbocycles. The van der Waals surface area contributed by atoms with Gasteiger partial charge in [-0.05, 0) is 47.6 Å². The number of ether oxygens (including phenoxy) is 3. The van der Waals surface area contributed by atoms with E-state index >= 15 is 0 Å². The third-order valence-electron chi connectivity index (χ3n) is 7.65. The molecular formula is C30H37NO6S. The first-order valence-corrected chi connectivity index (χ1v) is 14.1. The van der Waals surface area contributed by atoms with E-state index in [1.807, 2.05) is 31.2 Å². The van der Waals surface area contributed by atoms with Crippen molar-refractivity contribution in [2.45, 2.75) is 82.0 Å². The zero-order valence-corrected chi connectivity index (χ0v) is 23.5. The van der Waals surface area contributed by atoms with Crippen LogP contribution in [0.3, 0.4) is 0 Å². The zero-order chi connectivity index (χ0) is 27.4. The van der Waals surface area contributed by atoms with Gasteiger partial charge in [0.25, 0.3) is 0 Å². The second-order valence-corrected chi connectivity index (χ2v) is 11.5. The molecule has 0 bridgehead atoms. The molecular weight excluding hydrogens is 502 g/mol. The number of thioether (sulfide) groups is 1. The van der Waals surface area contributed by atoms with Crippen molar-refractivity contribution < 1.29 is 28.6 Å². The summed E-state index contributed by atoms with van der Waals surface area (Å²) in [7, 11) is 0. The summed E-state index contributed by atoms with van der Waals surface area (Å²) in [4.78, 5) is 36.2. The van der Waals surface area contributed by atoms with Gasteiger partial charge in [-0.15, -0.1) is 0 Å². The highest BCUT2D eigenvalue weighted by molar-refractivity contribution is 7.99. The van der Waals surface area contributed by atoms with Crippen molar-refractivity contribution in [3.05, 3.63) is 65.2 Å². The number of carbonyl (C=O) groups is 3. The monoisotopic (exact) mass is 539 g/mol. The lowest BCUT2D eigenvalue weighted by atomic mass is 9.77. The van der Waals surface area contributed by atoms with Gasteiger partial charge in [-0.1, -0.05) is 62.0 Å². The standard InChI is InChI=1S/C30H37NO6S/c1-17-18(2)29(36-21(5)34)30(37-28(17)16-35-20(4)33)38-23-10-8-9-22(15-23)24-13-14-27(31-19(3)32)26-12-7-6-11-25(24)26/h6-12,15,17-18,24,27-30H,13-14,16H2,1-5H3,(H,31,32)/t17-,18-,24?,27+,28?,29?,30-/m0/s1. The number of hydrogen-bond acceptors (Lipinski definition) is 7. The van der Waals surface area contributed by atoms with Crippen molar-refractivity contribution in [3.63, 3.8) is 0 Å². The van der Waals surface area contributed by atoms with E-state index in [2.05, 4.69) is 36.5 Å². The van der Waals surface area contributed by atoms with Crippen molar-refractivity contribution in [1.29, 1.82) is 0 Å². The smallest absolute Gasteiger partial charge is 0.303 e. The highest BCUT2D eigenvalue weighted by atomic mass is 32.2. The molecule has 2 aliphatic rings. The Balaban J connectivity index is 1.58. The Kier molecular flexibility index (Phi) is 9.15. The predicted molar refractivity (Wildman–Crippen MR) is 146 cm³/mol. The fourth-order valence-corrected chi connectivity index (χ4v) is 6.83. The number of fused-ring (bicyclic) bond motifs is 1. The molecule has 3 unspecified atom stereocenters. The van der Waals surface area contributed by atoms with Crippen molar-refractivity contribution in [3.8, 4) is 0 Å². The first-order chi connectivity index (χ1) is 18.1. The molecule has 2 aromatic rings. The number of carbonyl (C=O) groups excluding carboxylic acids is 3. The Bertz CT molecular complexity index is 1170. The molecule has 1 aliphatic heterocycles. The summed E-state index contributed by atoms with van der Waals surface area (Å²) in [5.74, 6) is -0.443. The average molecular weight is 540 g/mol. The SMILES string of the molecule is CC(=O)N[C@@H]1CCC(c2cccc(S[C@@H]3OC(COC(C)=O)[C@@H](C)[C@H](C)C3OC(C)=O)c2)c2ccccc21. The average Bonchev–Trinajstić information content (AvgIpc) is 2.87. The van der Waals surface area contributed by atoms with Crippen LogP contribution in [-0.4, -0.2) is 42.1 Å². The van der Waals surface area contributed by atoms with Gasteiger partial charge in [-0.25, -0.2) is 0 Å². The van der Waals surface area contributed by atoms with E-state index in [1.165, 1.54) is 42.3 Å². The van der Waals surface area contributed by atoms with E-state index in [1.54, 1.807) is 6.92 Å². The molecule has 1 aliphatic carbocycles. The minimum absolute atomic E-state index is 0.0184. The minimum atomic E-state index is -0.441. The molecule has 7 nitrogen and oxygen atoms in total. The van der Waals surface area contributed by atoms with Crippen LogP contribution in [0.5, 0.6) is 0 Å². The summed E-state index contributed by atoms with van der Waals surface area (Å²) >= 11 is 1.53. The molecule has 1 fully saturated rings. The number of rotatable bonds is 7. The molecule has 0 aromatic heterocycles. The van der Waals surface area contributed by atoms with E-state index in [0.717, 1.165) is 17.7 Å². The lowest BCUT2D eigenvalue weighted by Gasteiger charge is -2.43. The highest BCUT2D eigenvalue weighted by Crippen LogP contribution is 2.44. The third kappa shape index (κ3) is 6.59. The number of amides is 1. The van der Waals surface area contributed by atoms with Crippen LogP contribution < -0.4 is 5.32 Å². The van der Waals surface area contributed by atoms with Crippen LogP contribution in [0.25, 0.3) is 0 Å². The molecule has 1 N–H and O–H groups in total. The van der Waals surface area contributed by atoms with Gasteiger partial charge in [-0.2, -0.15) is 0 Å². The van der Waals surface area contributed by atoms with Crippen LogP contribution in [-0.2, 0) is 28.6 Å². The number of hydrogen-bond donors (Lipinski definition) is 1. The van der Waals surface area contributed by atoms with Crippen molar-refractivity contribution >= 4 is 29.6 Å². The van der Waals surface area contributed by atoms with Crippen LogP contribution in [0.4, 0.5) is 0 Å². The van der Waals surface area contributed by atoms with Gasteiger partial charge in [-0.3, -0.25) is 14.4 Å². The molecule has 1 saturated heterocycles. The summed E-state index contributed by atoms with van der Waals surface area (Å²) in [6.07, 6.45) is 1.06. The Labute approximate surface area is 229 Å². The number of nitrogens with one attached hydrogen (secondary N) is 1. The molecule has 0 spiro atoms. The van der Waals surface area contributed by atoms with Gasteiger partial charge < -0.3 is 19.5 Å². The van der Waals surface area contributed by atoms with E-state index in [4.69, 9.17) is 14.2 Å². The maximum Gasteiger partial charge on any atom is 0.303 e. The highest BCUT2D eigenvalue weighted by Gasteiger charge is 2.44. The van der Waals surface area contributed by atoms with Gasteiger partial charge in [0, 0.05) is 37.5 Å². The Morgan fingerprint density at radius 1 is 0.947 bits per heavy atom. The second kappa shape index (κ2) is 12.3. The molecule has 1 amide bonds. The Morgan fingerprint density at radius 2 is 1.68 bits per heavy atom. The third-order valence-corrected chi connectivity index (χ3v) is 8.78. The van der Waals surface area contributed by atoms with Gasteiger partial charge in [0.05, 0.1) is 12.1 Å². The zero-order valence-electron chi connectivity index (χ0n) is 22.6. The summed E-state index contributed by atoms with van der Waals surface area (Å²) < 4.78 is 17.4. The number of esters is 2. The summed E-state index contributed by atoms with van der Waals surface area (Å²) in [6.45, 7) is 8.61. The molecule has 2 aromatic carbocycles. The molecule has 7 atom stereocenters. The van der Waals surface area contributed by atoms with E-state index in [9.17, 15) is 14.4 Å². The van der Waals surface area contributed by atoms with E-state index in [0.29, 0.717) is 0 Å². The van der Waals surface area contributed by atoms with Crippen molar-refractivity contribution in [1.82, 2.24) is 5.32 Å². The molecule has 38 heavy (non-hydrogen) atoms. The normalized spacial score (nSPS) is 28.6. The topological polar surface area (TPSA) is 90.9 Å². The van der Waals surface area contributed by atoms with Crippen LogP contribution in [0.1, 0.15) is 76.1 Å². The summed E-state index contributed by atoms with van der Waals surface area (Å²) in [5, 5.41) is 3.09. The fraction of sp³-hybridized carbons (Fsp3) is 0.500. The van der Waals surface area contributed by atoms with E-state index in [-0.39, 0.29) is 54.4 Å². The lowest BCUT2D eigenvalue weighted by Crippen LogP contribution is -2.51. The van der Waals surface area contributed by atoms with Gasteiger partial charge in [0.1, 0.15) is 18.1 Å². The largest absolute Gasteiger partial charge is 0.463 e. The number of benzene rings is 2.